The fourth-order valence-electron chi connectivity index (χ4n) is 3.30. The van der Waals surface area contributed by atoms with E-state index < -0.39 is 5.54 Å². The molecule has 0 bridgehead atoms. The predicted octanol–water partition coefficient (Wildman–Crippen LogP) is 2.10. The van der Waals surface area contributed by atoms with E-state index in [0.717, 1.165) is 36.6 Å². The fraction of sp³-hybridized carbons (Fsp3) is 0.500. The number of nitrogens with zero attached hydrogens (tertiary/aromatic N) is 6. The van der Waals surface area contributed by atoms with E-state index in [4.69, 9.17) is 0 Å². The third-order valence-corrected chi connectivity index (χ3v) is 4.67. The molecule has 1 aliphatic rings. The molecule has 0 spiro atoms. The summed E-state index contributed by atoms with van der Waals surface area (Å²) < 4.78 is 0. The summed E-state index contributed by atoms with van der Waals surface area (Å²) in [5.41, 5.74) is 1.75. The average Bonchev–Trinajstić information content (AvgIpc) is 2.96. The van der Waals surface area contributed by atoms with Crippen LogP contribution in [0.25, 0.3) is 0 Å². The zero-order valence-electron chi connectivity index (χ0n) is 15.4. The Bertz CT molecular complexity index is 806. The van der Waals surface area contributed by atoms with Crippen LogP contribution in [0.15, 0.2) is 18.5 Å². The van der Waals surface area contributed by atoms with Crippen molar-refractivity contribution in [2.75, 3.05) is 25.5 Å². The van der Waals surface area contributed by atoms with E-state index in [2.05, 4.69) is 31.8 Å². The first kappa shape index (κ1) is 17.3. The molecule has 2 aromatic rings. The zero-order chi connectivity index (χ0) is 18.2. The van der Waals surface area contributed by atoms with Crippen molar-refractivity contribution in [2.45, 2.75) is 39.2 Å². The van der Waals surface area contributed by atoms with Gasteiger partial charge in [-0.1, -0.05) is 0 Å². The molecule has 1 fully saturated rings. The first-order valence-electron chi connectivity index (χ1n) is 8.45. The summed E-state index contributed by atoms with van der Waals surface area (Å²) in [5.74, 6) is 1.43. The number of hydrogen-bond acceptors (Lipinski definition) is 6. The van der Waals surface area contributed by atoms with Gasteiger partial charge in [0.1, 0.15) is 17.8 Å². The molecule has 7 nitrogen and oxygen atoms in total. The molecule has 0 aromatic carbocycles. The molecule has 1 aliphatic heterocycles. The summed E-state index contributed by atoms with van der Waals surface area (Å²) in [6.45, 7) is 6.85. The number of aryl methyl sites for hydroxylation is 2. The van der Waals surface area contributed by atoms with Crippen LogP contribution in [0.3, 0.4) is 0 Å². The van der Waals surface area contributed by atoms with E-state index in [1.54, 1.807) is 26.5 Å². The van der Waals surface area contributed by atoms with Crippen LogP contribution in [0.2, 0.25) is 0 Å². The number of rotatable bonds is 3. The first-order chi connectivity index (χ1) is 11.8. The monoisotopic (exact) mass is 340 g/mol. The molecular formula is C18H24N6O. The second kappa shape index (κ2) is 6.38. The molecule has 25 heavy (non-hydrogen) atoms. The summed E-state index contributed by atoms with van der Waals surface area (Å²) in [5, 5.41) is 0. The Hall–Kier alpha value is -2.57. The highest BCUT2D eigenvalue weighted by molar-refractivity contribution is 5.92. The zero-order valence-corrected chi connectivity index (χ0v) is 15.4. The highest BCUT2D eigenvalue weighted by Crippen LogP contribution is 2.39. The minimum Gasteiger partial charge on any atom is -0.344 e. The lowest BCUT2D eigenvalue weighted by Gasteiger charge is -2.35. The summed E-state index contributed by atoms with van der Waals surface area (Å²) in [6, 6.07) is 3.72. The largest absolute Gasteiger partial charge is 0.344 e. The van der Waals surface area contributed by atoms with Crippen LogP contribution in [-0.4, -0.2) is 51.4 Å². The Morgan fingerprint density at radius 1 is 1.16 bits per heavy atom. The van der Waals surface area contributed by atoms with Crippen molar-refractivity contribution in [1.29, 1.82) is 0 Å². The third kappa shape index (κ3) is 3.18. The molecule has 0 unspecified atom stereocenters. The second-order valence-electron chi connectivity index (χ2n) is 6.96. The van der Waals surface area contributed by atoms with Crippen LogP contribution in [0, 0.1) is 13.8 Å². The van der Waals surface area contributed by atoms with Crippen LogP contribution in [0.5, 0.6) is 0 Å². The van der Waals surface area contributed by atoms with Crippen LogP contribution in [0.1, 0.15) is 47.5 Å². The van der Waals surface area contributed by atoms with E-state index >= 15 is 0 Å². The van der Waals surface area contributed by atoms with Gasteiger partial charge in [-0.2, -0.15) is 0 Å². The molecule has 3 rings (SSSR count). The Balaban J connectivity index is 2.06. The van der Waals surface area contributed by atoms with Gasteiger partial charge in [0.15, 0.2) is 5.82 Å². The first-order valence-corrected chi connectivity index (χ1v) is 8.45. The SMILES string of the molecule is Cc1cc(N2CCC[C@]2(C)c2nc(C)cc(C(=O)N(C)C)n2)ncn1. The number of aromatic nitrogens is 4. The molecule has 3 heterocycles. The van der Waals surface area contributed by atoms with E-state index in [0.29, 0.717) is 11.5 Å². The van der Waals surface area contributed by atoms with Gasteiger partial charge in [-0.3, -0.25) is 4.79 Å². The normalized spacial score (nSPS) is 20.0. The van der Waals surface area contributed by atoms with Gasteiger partial charge in [-0.05, 0) is 39.7 Å². The summed E-state index contributed by atoms with van der Waals surface area (Å²) in [4.78, 5) is 34.0. The van der Waals surface area contributed by atoms with Gasteiger partial charge >= 0.3 is 0 Å². The minimum atomic E-state index is -0.395. The predicted molar refractivity (Wildman–Crippen MR) is 95.5 cm³/mol. The van der Waals surface area contributed by atoms with Crippen molar-refractivity contribution < 1.29 is 4.79 Å². The molecule has 2 aromatic heterocycles. The van der Waals surface area contributed by atoms with Gasteiger partial charge in [0.2, 0.25) is 0 Å². The lowest BCUT2D eigenvalue weighted by molar-refractivity contribution is 0.0821. The summed E-state index contributed by atoms with van der Waals surface area (Å²) in [7, 11) is 3.46. The number of carbonyl (C=O) groups excluding carboxylic acids is 1. The molecule has 132 valence electrons. The maximum absolute atomic E-state index is 12.4. The highest BCUT2D eigenvalue weighted by atomic mass is 16.2. The Kier molecular flexibility index (Phi) is 4.41. The Morgan fingerprint density at radius 2 is 1.92 bits per heavy atom. The van der Waals surface area contributed by atoms with Gasteiger partial charge in [0.25, 0.3) is 5.91 Å². The van der Waals surface area contributed by atoms with Crippen molar-refractivity contribution in [2.24, 2.45) is 0 Å². The van der Waals surface area contributed by atoms with Crippen LogP contribution >= 0.6 is 0 Å². The van der Waals surface area contributed by atoms with Gasteiger partial charge < -0.3 is 9.80 Å². The van der Waals surface area contributed by atoms with Crippen molar-refractivity contribution >= 4 is 11.7 Å². The van der Waals surface area contributed by atoms with E-state index in [9.17, 15) is 4.79 Å². The maximum atomic E-state index is 12.4. The van der Waals surface area contributed by atoms with Crippen LogP contribution in [0.4, 0.5) is 5.82 Å². The lowest BCUT2D eigenvalue weighted by Crippen LogP contribution is -2.41. The number of amides is 1. The van der Waals surface area contributed by atoms with E-state index in [1.165, 1.54) is 4.90 Å². The van der Waals surface area contributed by atoms with Crippen LogP contribution < -0.4 is 4.90 Å². The molecule has 0 aliphatic carbocycles. The van der Waals surface area contributed by atoms with Gasteiger partial charge in [-0.15, -0.1) is 0 Å². The minimum absolute atomic E-state index is 0.113. The molecule has 0 saturated carbocycles. The highest BCUT2D eigenvalue weighted by Gasteiger charge is 2.42. The standard InChI is InChI=1S/C18H24N6O/c1-12-10-15(20-11-19-12)24-8-6-7-18(24,3)17-21-13(2)9-14(22-17)16(25)23(4)5/h9-11H,6-8H2,1-5H3/t18-/m1/s1. The molecule has 1 amide bonds. The number of carbonyl (C=O) groups is 1. The Morgan fingerprint density at radius 3 is 2.60 bits per heavy atom. The maximum Gasteiger partial charge on any atom is 0.272 e. The van der Waals surface area contributed by atoms with E-state index in [-0.39, 0.29) is 5.91 Å². The van der Waals surface area contributed by atoms with Crippen molar-refractivity contribution in [3.63, 3.8) is 0 Å². The van der Waals surface area contributed by atoms with Crippen molar-refractivity contribution in [3.05, 3.63) is 41.4 Å². The Labute approximate surface area is 148 Å². The summed E-state index contributed by atoms with van der Waals surface area (Å²) >= 11 is 0. The second-order valence-corrected chi connectivity index (χ2v) is 6.96. The van der Waals surface area contributed by atoms with Gasteiger partial charge in [-0.25, -0.2) is 19.9 Å². The molecule has 0 radical (unpaired) electrons. The summed E-state index contributed by atoms with van der Waals surface area (Å²) in [6.07, 6.45) is 3.52. The van der Waals surface area contributed by atoms with Gasteiger partial charge in [0.05, 0.1) is 5.54 Å². The quantitative estimate of drug-likeness (QED) is 0.852. The van der Waals surface area contributed by atoms with Crippen molar-refractivity contribution in [3.8, 4) is 0 Å². The van der Waals surface area contributed by atoms with E-state index in [1.807, 2.05) is 19.9 Å². The smallest absolute Gasteiger partial charge is 0.272 e. The molecular weight excluding hydrogens is 316 g/mol. The lowest BCUT2D eigenvalue weighted by atomic mass is 9.97. The third-order valence-electron chi connectivity index (χ3n) is 4.67. The van der Waals surface area contributed by atoms with Crippen molar-refractivity contribution in [1.82, 2.24) is 24.8 Å². The molecule has 7 heteroatoms. The fourth-order valence-corrected chi connectivity index (χ4v) is 3.30. The number of hydrogen-bond donors (Lipinski definition) is 0. The van der Waals surface area contributed by atoms with Crippen LogP contribution in [-0.2, 0) is 5.54 Å². The molecule has 1 saturated heterocycles. The van der Waals surface area contributed by atoms with Gasteiger partial charge in [0, 0.05) is 38.1 Å². The molecule has 0 N–H and O–H groups in total. The average molecular weight is 340 g/mol. The molecule has 1 atom stereocenters. The number of anilines is 1. The topological polar surface area (TPSA) is 75.1 Å².